The number of hydrogen-bond acceptors (Lipinski definition) is 4. The van der Waals surface area contributed by atoms with Gasteiger partial charge in [-0.05, 0) is 37.4 Å². The van der Waals surface area contributed by atoms with E-state index in [1.165, 1.54) is 0 Å². The van der Waals surface area contributed by atoms with Crippen LogP contribution in [-0.4, -0.2) is 48.2 Å². The summed E-state index contributed by atoms with van der Waals surface area (Å²) in [6, 6.07) is 9.58. The lowest BCUT2D eigenvalue weighted by Gasteiger charge is -2.31. The number of ether oxygens (including phenoxy) is 1. The lowest BCUT2D eigenvalue weighted by molar-refractivity contribution is -0.137. The van der Waals surface area contributed by atoms with Crippen molar-refractivity contribution in [3.8, 4) is 0 Å². The van der Waals surface area contributed by atoms with Gasteiger partial charge in [0.05, 0.1) is 6.42 Å². The molecule has 1 heterocycles. The van der Waals surface area contributed by atoms with E-state index in [9.17, 15) is 9.59 Å². The third-order valence-corrected chi connectivity index (χ3v) is 4.10. The molecule has 6 nitrogen and oxygen atoms in total. The average molecular weight is 320 g/mol. The molecule has 2 rings (SSSR count). The fourth-order valence-corrected chi connectivity index (χ4v) is 2.67. The maximum atomic E-state index is 11.7. The van der Waals surface area contributed by atoms with E-state index in [4.69, 9.17) is 9.84 Å². The summed E-state index contributed by atoms with van der Waals surface area (Å²) in [5.74, 6) is -0.324. The molecule has 0 bridgehead atoms. The number of benzene rings is 1. The van der Waals surface area contributed by atoms with Crippen LogP contribution in [0.25, 0.3) is 0 Å². The number of aliphatic carboxylic acids is 1. The minimum absolute atomic E-state index is 0.189. The molecule has 0 aliphatic carbocycles. The molecule has 0 radical (unpaired) electrons. The summed E-state index contributed by atoms with van der Waals surface area (Å²) in [7, 11) is 0. The Hall–Kier alpha value is -2.08. The molecule has 1 aliphatic rings. The van der Waals surface area contributed by atoms with E-state index in [1.807, 2.05) is 30.3 Å². The molecule has 0 atom stereocenters. The molecule has 2 N–H and O–H groups in total. The summed E-state index contributed by atoms with van der Waals surface area (Å²) in [6.07, 6.45) is 1.74. The van der Waals surface area contributed by atoms with E-state index >= 15 is 0 Å². The Kier molecular flexibility index (Phi) is 6.87. The van der Waals surface area contributed by atoms with E-state index in [0.29, 0.717) is 19.0 Å². The van der Waals surface area contributed by atoms with Gasteiger partial charge in [0.1, 0.15) is 6.61 Å². The first-order valence-corrected chi connectivity index (χ1v) is 8.02. The summed E-state index contributed by atoms with van der Waals surface area (Å²) < 4.78 is 5.18. The highest BCUT2D eigenvalue weighted by Crippen LogP contribution is 2.16. The fraction of sp³-hybridized carbons (Fsp3) is 0.529. The second kappa shape index (κ2) is 9.15. The Balaban J connectivity index is 1.58. The molecule has 1 aromatic rings. The standard InChI is InChI=1S/C17H24N2O4/c20-16(21)8-11-19-9-6-14(7-10-19)12-18-17(22)23-13-15-4-2-1-3-5-15/h1-5,14H,6-13H2,(H,18,22)(H,20,21). The summed E-state index contributed by atoms with van der Waals surface area (Å²) in [4.78, 5) is 24.4. The predicted molar refractivity (Wildman–Crippen MR) is 86.0 cm³/mol. The molecule has 1 aromatic carbocycles. The highest BCUT2D eigenvalue weighted by molar-refractivity contribution is 5.67. The van der Waals surface area contributed by atoms with Gasteiger partial charge in [-0.2, -0.15) is 0 Å². The first kappa shape index (κ1) is 17.3. The van der Waals surface area contributed by atoms with Gasteiger partial charge in [0.2, 0.25) is 0 Å². The molecule has 1 amide bonds. The van der Waals surface area contributed by atoms with E-state index in [0.717, 1.165) is 31.5 Å². The number of likely N-dealkylation sites (tertiary alicyclic amines) is 1. The van der Waals surface area contributed by atoms with Crippen LogP contribution in [0.4, 0.5) is 4.79 Å². The lowest BCUT2D eigenvalue weighted by atomic mass is 9.97. The van der Waals surface area contributed by atoms with Crippen LogP contribution in [0.3, 0.4) is 0 Å². The maximum Gasteiger partial charge on any atom is 0.407 e. The lowest BCUT2D eigenvalue weighted by Crippen LogP contribution is -2.39. The van der Waals surface area contributed by atoms with Gasteiger partial charge in [0, 0.05) is 13.1 Å². The number of amides is 1. The summed E-state index contributed by atoms with van der Waals surface area (Å²) in [5, 5.41) is 11.5. The van der Waals surface area contributed by atoms with Crippen LogP contribution in [0.15, 0.2) is 30.3 Å². The average Bonchev–Trinajstić information content (AvgIpc) is 2.58. The predicted octanol–water partition coefficient (Wildman–Crippen LogP) is 2.10. The minimum atomic E-state index is -0.755. The van der Waals surface area contributed by atoms with Crippen molar-refractivity contribution in [3.63, 3.8) is 0 Å². The number of rotatable bonds is 7. The molecule has 23 heavy (non-hydrogen) atoms. The van der Waals surface area contributed by atoms with Crippen molar-refractivity contribution in [3.05, 3.63) is 35.9 Å². The maximum absolute atomic E-state index is 11.7. The number of carbonyl (C=O) groups excluding carboxylic acids is 1. The first-order chi connectivity index (χ1) is 11.1. The van der Waals surface area contributed by atoms with Crippen molar-refractivity contribution in [2.45, 2.75) is 25.9 Å². The fourth-order valence-electron chi connectivity index (χ4n) is 2.67. The molecule has 0 aromatic heterocycles. The third-order valence-electron chi connectivity index (χ3n) is 4.10. The van der Waals surface area contributed by atoms with Gasteiger partial charge < -0.3 is 20.1 Å². The Morgan fingerprint density at radius 3 is 2.57 bits per heavy atom. The van der Waals surface area contributed by atoms with Gasteiger partial charge >= 0.3 is 12.1 Å². The van der Waals surface area contributed by atoms with Crippen LogP contribution in [0, 0.1) is 5.92 Å². The van der Waals surface area contributed by atoms with Crippen LogP contribution < -0.4 is 5.32 Å². The second-order valence-electron chi connectivity index (χ2n) is 5.87. The van der Waals surface area contributed by atoms with Crippen LogP contribution in [0.1, 0.15) is 24.8 Å². The number of nitrogens with one attached hydrogen (secondary N) is 1. The Labute approximate surface area is 136 Å². The van der Waals surface area contributed by atoms with E-state index in [-0.39, 0.29) is 19.1 Å². The van der Waals surface area contributed by atoms with Crippen molar-refractivity contribution < 1.29 is 19.4 Å². The quantitative estimate of drug-likeness (QED) is 0.804. The molecule has 0 spiro atoms. The molecule has 0 saturated carbocycles. The van der Waals surface area contributed by atoms with E-state index in [1.54, 1.807) is 0 Å². The van der Waals surface area contributed by atoms with Crippen molar-refractivity contribution in [1.82, 2.24) is 10.2 Å². The number of carboxylic acid groups (broad SMARTS) is 1. The molecule has 1 fully saturated rings. The Bertz CT molecular complexity index is 499. The normalized spacial score (nSPS) is 16.0. The number of carbonyl (C=O) groups is 2. The highest BCUT2D eigenvalue weighted by atomic mass is 16.5. The van der Waals surface area contributed by atoms with Crippen molar-refractivity contribution in [1.29, 1.82) is 0 Å². The summed E-state index contributed by atoms with van der Waals surface area (Å²) in [6.45, 7) is 3.27. The van der Waals surface area contributed by atoms with Gasteiger partial charge in [-0.15, -0.1) is 0 Å². The number of nitrogens with zero attached hydrogens (tertiary/aromatic N) is 1. The first-order valence-electron chi connectivity index (χ1n) is 8.02. The second-order valence-corrected chi connectivity index (χ2v) is 5.87. The molecule has 126 valence electrons. The van der Waals surface area contributed by atoms with Crippen molar-refractivity contribution in [2.75, 3.05) is 26.2 Å². The van der Waals surface area contributed by atoms with E-state index in [2.05, 4.69) is 10.2 Å². The highest BCUT2D eigenvalue weighted by Gasteiger charge is 2.20. The van der Waals surface area contributed by atoms with Crippen LogP contribution in [0.2, 0.25) is 0 Å². The summed E-state index contributed by atoms with van der Waals surface area (Å²) in [5.41, 5.74) is 0.967. The van der Waals surface area contributed by atoms with Gasteiger partial charge in [0.25, 0.3) is 0 Å². The SMILES string of the molecule is O=C(O)CCN1CCC(CNC(=O)OCc2ccccc2)CC1. The molecule has 1 aliphatic heterocycles. The summed E-state index contributed by atoms with van der Waals surface area (Å²) >= 11 is 0. The molecule has 0 unspecified atom stereocenters. The van der Waals surface area contributed by atoms with Gasteiger partial charge in [0.15, 0.2) is 0 Å². The number of alkyl carbamates (subject to hydrolysis) is 1. The molecule has 6 heteroatoms. The molecular weight excluding hydrogens is 296 g/mol. The smallest absolute Gasteiger partial charge is 0.407 e. The third kappa shape index (κ3) is 6.69. The van der Waals surface area contributed by atoms with Crippen molar-refractivity contribution >= 4 is 12.1 Å². The Morgan fingerprint density at radius 2 is 1.91 bits per heavy atom. The largest absolute Gasteiger partial charge is 0.481 e. The van der Waals surface area contributed by atoms with Crippen LogP contribution >= 0.6 is 0 Å². The van der Waals surface area contributed by atoms with Crippen LogP contribution in [0.5, 0.6) is 0 Å². The van der Waals surface area contributed by atoms with Gasteiger partial charge in [-0.25, -0.2) is 4.79 Å². The number of piperidine rings is 1. The minimum Gasteiger partial charge on any atom is -0.481 e. The number of carboxylic acids is 1. The molecular formula is C17H24N2O4. The van der Waals surface area contributed by atoms with Gasteiger partial charge in [-0.3, -0.25) is 4.79 Å². The zero-order valence-corrected chi connectivity index (χ0v) is 13.2. The molecule has 1 saturated heterocycles. The topological polar surface area (TPSA) is 78.9 Å². The van der Waals surface area contributed by atoms with Crippen molar-refractivity contribution in [2.24, 2.45) is 5.92 Å². The van der Waals surface area contributed by atoms with Crippen LogP contribution in [-0.2, 0) is 16.1 Å². The van der Waals surface area contributed by atoms with E-state index < -0.39 is 5.97 Å². The monoisotopic (exact) mass is 320 g/mol. The number of hydrogen-bond donors (Lipinski definition) is 2. The Morgan fingerprint density at radius 1 is 1.22 bits per heavy atom. The zero-order chi connectivity index (χ0) is 16.5. The zero-order valence-electron chi connectivity index (χ0n) is 13.2. The van der Waals surface area contributed by atoms with Gasteiger partial charge in [-0.1, -0.05) is 30.3 Å².